The Morgan fingerprint density at radius 3 is 2.61 bits per heavy atom. The summed E-state index contributed by atoms with van der Waals surface area (Å²) in [6.07, 6.45) is 4.83. The number of carbonyl (C=O) groups excluding carboxylic acids is 3. The molecule has 1 saturated heterocycles. The number of hydrogen-bond acceptors (Lipinski definition) is 6. The molecule has 3 rings (SSSR count). The predicted octanol–water partition coefficient (Wildman–Crippen LogP) is 5.01. The van der Waals surface area contributed by atoms with Gasteiger partial charge in [-0.1, -0.05) is 19.8 Å². The number of thiophene rings is 1. The molecule has 0 aliphatic carbocycles. The van der Waals surface area contributed by atoms with Crippen molar-refractivity contribution in [1.29, 1.82) is 0 Å². The van der Waals surface area contributed by atoms with E-state index in [1.807, 2.05) is 30.3 Å². The van der Waals surface area contributed by atoms with Crippen LogP contribution in [0.1, 0.15) is 70.4 Å². The number of benzene rings is 1. The summed E-state index contributed by atoms with van der Waals surface area (Å²) < 4.78 is 10.6. The smallest absolute Gasteiger partial charge is 0.348 e. The number of ketones is 1. The maximum absolute atomic E-state index is 12.5. The fourth-order valence-corrected chi connectivity index (χ4v) is 4.57. The molecule has 6 nitrogen and oxygen atoms in total. The van der Waals surface area contributed by atoms with Crippen LogP contribution in [0.5, 0.6) is 0 Å². The van der Waals surface area contributed by atoms with Gasteiger partial charge in [-0.05, 0) is 49.2 Å². The number of unbranched alkanes of at least 4 members (excludes halogenated alkanes) is 2. The zero-order valence-electron chi connectivity index (χ0n) is 18.1. The van der Waals surface area contributed by atoms with Crippen LogP contribution >= 0.6 is 11.3 Å². The molecule has 1 aliphatic rings. The number of amides is 1. The van der Waals surface area contributed by atoms with Gasteiger partial charge in [0.25, 0.3) is 0 Å². The second-order valence-corrected chi connectivity index (χ2v) is 8.82. The van der Waals surface area contributed by atoms with Crippen LogP contribution in [-0.4, -0.2) is 37.4 Å². The summed E-state index contributed by atoms with van der Waals surface area (Å²) >= 11 is 1.34. The van der Waals surface area contributed by atoms with Crippen molar-refractivity contribution >= 4 is 34.7 Å². The summed E-state index contributed by atoms with van der Waals surface area (Å²) in [4.78, 5) is 39.6. The highest BCUT2D eigenvalue weighted by atomic mass is 32.1. The predicted molar refractivity (Wildman–Crippen MR) is 121 cm³/mol. The molecule has 2 aromatic rings. The lowest BCUT2D eigenvalue weighted by Crippen LogP contribution is -2.36. The van der Waals surface area contributed by atoms with Gasteiger partial charge >= 0.3 is 5.97 Å². The number of rotatable bonds is 11. The quantitative estimate of drug-likeness (QED) is 0.277. The molecule has 2 heterocycles. The first-order valence-corrected chi connectivity index (χ1v) is 11.5. The Hall–Kier alpha value is -2.51. The van der Waals surface area contributed by atoms with Crippen molar-refractivity contribution in [2.24, 2.45) is 0 Å². The van der Waals surface area contributed by atoms with E-state index >= 15 is 0 Å². The van der Waals surface area contributed by atoms with Gasteiger partial charge in [0.2, 0.25) is 5.91 Å². The third-order valence-corrected chi connectivity index (χ3v) is 6.44. The Balaban J connectivity index is 1.56. The van der Waals surface area contributed by atoms with Crippen LogP contribution in [-0.2, 0) is 20.9 Å². The minimum Gasteiger partial charge on any atom is -0.465 e. The van der Waals surface area contributed by atoms with Gasteiger partial charge in [-0.25, -0.2) is 4.79 Å². The normalized spacial score (nSPS) is 16.0. The molecule has 0 spiro atoms. The molecule has 1 aromatic carbocycles. The Kier molecular flexibility index (Phi) is 8.37. The number of Topliss-reactive ketones (excluding diaryl/α,β-unsaturated/α-hetero) is 1. The number of anilines is 1. The fourth-order valence-electron chi connectivity index (χ4n) is 3.71. The van der Waals surface area contributed by atoms with Gasteiger partial charge in [0, 0.05) is 29.0 Å². The maximum atomic E-state index is 12.5. The van der Waals surface area contributed by atoms with Crippen LogP contribution in [0.25, 0.3) is 0 Å². The lowest BCUT2D eigenvalue weighted by Gasteiger charge is -2.25. The lowest BCUT2D eigenvalue weighted by atomic mass is 10.0. The highest BCUT2D eigenvalue weighted by Gasteiger charge is 2.32. The first kappa shape index (κ1) is 23.2. The molecular formula is C24H29NO5S. The topological polar surface area (TPSA) is 72.9 Å². The molecule has 1 fully saturated rings. The van der Waals surface area contributed by atoms with E-state index in [4.69, 9.17) is 9.47 Å². The minimum atomic E-state index is -0.351. The number of esters is 1. The van der Waals surface area contributed by atoms with E-state index in [-0.39, 0.29) is 23.7 Å². The van der Waals surface area contributed by atoms with Gasteiger partial charge in [-0.2, -0.15) is 0 Å². The maximum Gasteiger partial charge on any atom is 0.348 e. The summed E-state index contributed by atoms with van der Waals surface area (Å²) in [6.45, 7) is 2.91. The van der Waals surface area contributed by atoms with Crippen molar-refractivity contribution in [3.63, 3.8) is 0 Å². The first-order valence-electron chi connectivity index (χ1n) is 10.7. The van der Waals surface area contributed by atoms with Crippen molar-refractivity contribution in [2.45, 2.75) is 58.1 Å². The molecule has 166 valence electrons. The van der Waals surface area contributed by atoms with Gasteiger partial charge < -0.3 is 14.4 Å². The molecule has 0 radical (unpaired) electrons. The van der Waals surface area contributed by atoms with Crippen LogP contribution in [0.3, 0.4) is 0 Å². The molecular weight excluding hydrogens is 414 g/mol. The van der Waals surface area contributed by atoms with Crippen LogP contribution < -0.4 is 4.90 Å². The van der Waals surface area contributed by atoms with E-state index in [0.29, 0.717) is 36.5 Å². The zero-order chi connectivity index (χ0) is 22.2. The second kappa shape index (κ2) is 11.2. The van der Waals surface area contributed by atoms with Gasteiger partial charge in [-0.3, -0.25) is 9.59 Å². The average molecular weight is 444 g/mol. The highest BCUT2D eigenvalue weighted by molar-refractivity contribution is 7.13. The molecule has 1 aromatic heterocycles. The van der Waals surface area contributed by atoms with E-state index in [1.165, 1.54) is 18.4 Å². The number of hydrogen-bond donors (Lipinski definition) is 0. The minimum absolute atomic E-state index is 0.0429. The Morgan fingerprint density at radius 1 is 1.13 bits per heavy atom. The molecule has 0 bridgehead atoms. The van der Waals surface area contributed by atoms with Gasteiger partial charge in [0.1, 0.15) is 4.88 Å². The van der Waals surface area contributed by atoms with Gasteiger partial charge in [-0.15, -0.1) is 11.3 Å². The zero-order valence-corrected chi connectivity index (χ0v) is 18.9. The van der Waals surface area contributed by atoms with E-state index in [2.05, 4.69) is 6.92 Å². The fraction of sp³-hybridized carbons (Fsp3) is 0.458. The third-order valence-electron chi connectivity index (χ3n) is 5.40. The largest absolute Gasteiger partial charge is 0.465 e. The SMILES string of the molecule is CCCCCC(=O)c1ccc(N2C(=O)CCC2COCc2ccc(C(=O)OC)s2)cc1. The van der Waals surface area contributed by atoms with E-state index in [9.17, 15) is 14.4 Å². The molecule has 1 aliphatic heterocycles. The van der Waals surface area contributed by atoms with Crippen molar-refractivity contribution in [2.75, 3.05) is 18.6 Å². The number of carbonyl (C=O) groups is 3. The standard InChI is InChI=1S/C24H29NO5S/c1-3-4-5-6-21(26)17-7-9-18(10-8-17)25-19(11-14-23(25)27)15-30-16-20-12-13-22(31-20)24(28)29-2/h7-10,12-13,19H,3-6,11,14-16H2,1-2H3. The van der Waals surface area contributed by atoms with E-state index in [0.717, 1.165) is 36.2 Å². The summed E-state index contributed by atoms with van der Waals surface area (Å²) in [6, 6.07) is 10.9. The lowest BCUT2D eigenvalue weighted by molar-refractivity contribution is -0.117. The molecule has 7 heteroatoms. The van der Waals surface area contributed by atoms with Gasteiger partial charge in [0.15, 0.2) is 5.78 Å². The van der Waals surface area contributed by atoms with Crippen LogP contribution in [0.4, 0.5) is 5.69 Å². The summed E-state index contributed by atoms with van der Waals surface area (Å²) in [5, 5.41) is 0. The summed E-state index contributed by atoms with van der Waals surface area (Å²) in [5.74, 6) is -0.134. The third kappa shape index (κ3) is 6.02. The molecule has 31 heavy (non-hydrogen) atoms. The van der Waals surface area contributed by atoms with Crippen LogP contribution in [0.2, 0.25) is 0 Å². The monoisotopic (exact) mass is 443 g/mol. The highest BCUT2D eigenvalue weighted by Crippen LogP contribution is 2.28. The molecule has 1 amide bonds. The van der Waals surface area contributed by atoms with Crippen molar-refractivity contribution in [3.8, 4) is 0 Å². The summed E-state index contributed by atoms with van der Waals surface area (Å²) in [7, 11) is 1.36. The van der Waals surface area contributed by atoms with E-state index in [1.54, 1.807) is 11.0 Å². The molecule has 0 saturated carbocycles. The number of methoxy groups -OCH3 is 1. The van der Waals surface area contributed by atoms with Crippen molar-refractivity contribution in [3.05, 3.63) is 51.7 Å². The Bertz CT molecular complexity index is 905. The van der Waals surface area contributed by atoms with Crippen molar-refractivity contribution in [1.82, 2.24) is 0 Å². The van der Waals surface area contributed by atoms with Gasteiger partial charge in [0.05, 0.1) is 26.4 Å². The molecule has 0 N–H and O–H groups in total. The van der Waals surface area contributed by atoms with Crippen molar-refractivity contribution < 1.29 is 23.9 Å². The molecule has 1 unspecified atom stereocenters. The van der Waals surface area contributed by atoms with E-state index < -0.39 is 0 Å². The second-order valence-electron chi connectivity index (χ2n) is 7.66. The number of nitrogens with zero attached hydrogens (tertiary/aromatic N) is 1. The Labute approximate surface area is 187 Å². The molecule has 1 atom stereocenters. The van der Waals surface area contributed by atoms with Crippen LogP contribution in [0.15, 0.2) is 36.4 Å². The average Bonchev–Trinajstić information content (AvgIpc) is 3.40. The number of ether oxygens (including phenoxy) is 2. The first-order chi connectivity index (χ1) is 15.0. The van der Waals surface area contributed by atoms with Crippen LogP contribution in [0, 0.1) is 0 Å². The summed E-state index contributed by atoms with van der Waals surface area (Å²) in [5.41, 5.74) is 1.49. The Morgan fingerprint density at radius 2 is 1.90 bits per heavy atom.